The molecule has 0 heterocycles. The molecule has 1 N–H and O–H groups in total. The zero-order valence-electron chi connectivity index (χ0n) is 12.4. The smallest absolute Gasteiger partial charge is 0.0449 e. The van der Waals surface area contributed by atoms with Crippen LogP contribution in [-0.4, -0.2) is 31.6 Å². The molecule has 1 aliphatic rings. The fourth-order valence-electron chi connectivity index (χ4n) is 3.24. The highest BCUT2D eigenvalue weighted by atomic mass is 15.1. The van der Waals surface area contributed by atoms with Crippen molar-refractivity contribution in [2.24, 2.45) is 5.92 Å². The van der Waals surface area contributed by atoms with Gasteiger partial charge in [0.1, 0.15) is 0 Å². The molecule has 2 heteroatoms. The first-order valence-electron chi connectivity index (χ1n) is 7.76. The van der Waals surface area contributed by atoms with Crippen LogP contribution in [0.3, 0.4) is 0 Å². The van der Waals surface area contributed by atoms with Crippen LogP contribution in [0.25, 0.3) is 0 Å². The van der Waals surface area contributed by atoms with Crippen LogP contribution in [0.2, 0.25) is 0 Å². The van der Waals surface area contributed by atoms with E-state index in [2.05, 4.69) is 54.5 Å². The van der Waals surface area contributed by atoms with E-state index in [0.717, 1.165) is 19.0 Å². The molecule has 2 nitrogen and oxygen atoms in total. The van der Waals surface area contributed by atoms with Crippen LogP contribution >= 0.6 is 0 Å². The number of nitrogens with one attached hydrogen (secondary N) is 1. The maximum Gasteiger partial charge on any atom is 0.0449 e. The van der Waals surface area contributed by atoms with Crippen LogP contribution < -0.4 is 5.32 Å². The van der Waals surface area contributed by atoms with Gasteiger partial charge in [-0.25, -0.2) is 0 Å². The van der Waals surface area contributed by atoms with Gasteiger partial charge in [0.05, 0.1) is 0 Å². The van der Waals surface area contributed by atoms with Crippen molar-refractivity contribution >= 4 is 0 Å². The molecule has 19 heavy (non-hydrogen) atoms. The summed E-state index contributed by atoms with van der Waals surface area (Å²) in [7, 11) is 2.27. The first kappa shape index (κ1) is 14.5. The minimum absolute atomic E-state index is 0.456. The predicted octanol–water partition coefficient (Wildman–Crippen LogP) is 3.46. The lowest BCUT2D eigenvalue weighted by molar-refractivity contribution is 0.250. The Kier molecular flexibility index (Phi) is 5.87. The molecule has 1 aromatic rings. The van der Waals surface area contributed by atoms with Crippen LogP contribution in [0, 0.1) is 5.92 Å². The van der Waals surface area contributed by atoms with E-state index in [1.165, 1.54) is 37.8 Å². The van der Waals surface area contributed by atoms with E-state index >= 15 is 0 Å². The summed E-state index contributed by atoms with van der Waals surface area (Å²) in [6.07, 6.45) is 5.74. The third kappa shape index (κ3) is 4.63. The highest BCUT2D eigenvalue weighted by Gasteiger charge is 2.19. The molecule has 1 unspecified atom stereocenters. The fraction of sp³-hybridized carbons (Fsp3) is 0.647. The molecule has 0 aromatic heterocycles. The minimum Gasteiger partial charge on any atom is -0.309 e. The number of nitrogens with zero attached hydrogens (tertiary/aromatic N) is 1. The molecule has 0 spiro atoms. The Labute approximate surface area is 118 Å². The lowest BCUT2D eigenvalue weighted by Gasteiger charge is -2.27. The SMILES string of the molecule is CCNC(CN(C)CC1CCCC1)c1ccccc1. The summed E-state index contributed by atoms with van der Waals surface area (Å²) >= 11 is 0. The van der Waals surface area contributed by atoms with Crippen molar-refractivity contribution in [1.29, 1.82) is 0 Å². The summed E-state index contributed by atoms with van der Waals surface area (Å²) in [5, 5.41) is 3.61. The first-order valence-corrected chi connectivity index (χ1v) is 7.76. The second-order valence-electron chi connectivity index (χ2n) is 5.89. The number of benzene rings is 1. The van der Waals surface area contributed by atoms with Gasteiger partial charge in [-0.1, -0.05) is 50.1 Å². The summed E-state index contributed by atoms with van der Waals surface area (Å²) in [4.78, 5) is 2.51. The van der Waals surface area contributed by atoms with Crippen molar-refractivity contribution in [1.82, 2.24) is 10.2 Å². The van der Waals surface area contributed by atoms with Gasteiger partial charge in [-0.15, -0.1) is 0 Å². The zero-order valence-corrected chi connectivity index (χ0v) is 12.4. The summed E-state index contributed by atoms with van der Waals surface area (Å²) in [6, 6.07) is 11.3. The molecular weight excluding hydrogens is 232 g/mol. The molecular formula is C17H28N2. The predicted molar refractivity (Wildman–Crippen MR) is 82.3 cm³/mol. The number of rotatable bonds is 7. The van der Waals surface area contributed by atoms with Gasteiger partial charge in [0.25, 0.3) is 0 Å². The molecule has 0 bridgehead atoms. The Bertz CT molecular complexity index is 344. The molecule has 2 rings (SSSR count). The van der Waals surface area contributed by atoms with Gasteiger partial charge in [0.2, 0.25) is 0 Å². The molecule has 0 aliphatic heterocycles. The van der Waals surface area contributed by atoms with Crippen LogP contribution in [0.1, 0.15) is 44.2 Å². The van der Waals surface area contributed by atoms with E-state index in [4.69, 9.17) is 0 Å². The van der Waals surface area contributed by atoms with E-state index in [1.807, 2.05) is 0 Å². The third-order valence-electron chi connectivity index (χ3n) is 4.19. The first-order chi connectivity index (χ1) is 9.29. The average molecular weight is 260 g/mol. The molecule has 0 saturated heterocycles. The van der Waals surface area contributed by atoms with Crippen molar-refractivity contribution in [3.8, 4) is 0 Å². The van der Waals surface area contributed by atoms with Gasteiger partial charge < -0.3 is 10.2 Å². The molecule has 1 aromatic carbocycles. The highest BCUT2D eigenvalue weighted by Crippen LogP contribution is 2.25. The van der Waals surface area contributed by atoms with Crippen LogP contribution in [0.15, 0.2) is 30.3 Å². The van der Waals surface area contributed by atoms with Gasteiger partial charge in [0, 0.05) is 19.1 Å². The topological polar surface area (TPSA) is 15.3 Å². The van der Waals surface area contributed by atoms with Crippen molar-refractivity contribution in [3.05, 3.63) is 35.9 Å². The minimum atomic E-state index is 0.456. The molecule has 1 fully saturated rings. The van der Waals surface area contributed by atoms with Gasteiger partial charge in [-0.2, -0.15) is 0 Å². The lowest BCUT2D eigenvalue weighted by Crippen LogP contribution is -2.35. The standard InChI is InChI=1S/C17H28N2/c1-3-18-17(16-11-5-4-6-12-16)14-19(2)13-15-9-7-8-10-15/h4-6,11-12,15,17-18H,3,7-10,13-14H2,1-2H3. The van der Waals surface area contributed by atoms with Gasteiger partial charge in [0.15, 0.2) is 0 Å². The molecule has 106 valence electrons. The highest BCUT2D eigenvalue weighted by molar-refractivity contribution is 5.19. The van der Waals surface area contributed by atoms with Gasteiger partial charge >= 0.3 is 0 Å². The second-order valence-corrected chi connectivity index (χ2v) is 5.89. The fourth-order valence-corrected chi connectivity index (χ4v) is 3.24. The van der Waals surface area contributed by atoms with E-state index < -0.39 is 0 Å². The van der Waals surface area contributed by atoms with Gasteiger partial charge in [-0.3, -0.25) is 0 Å². The van der Waals surface area contributed by atoms with Crippen LogP contribution in [-0.2, 0) is 0 Å². The maximum absolute atomic E-state index is 3.61. The lowest BCUT2D eigenvalue weighted by atomic mass is 10.0. The summed E-state index contributed by atoms with van der Waals surface area (Å²) in [6.45, 7) is 5.58. The summed E-state index contributed by atoms with van der Waals surface area (Å²) in [5.41, 5.74) is 1.41. The monoisotopic (exact) mass is 260 g/mol. The Morgan fingerprint density at radius 3 is 2.53 bits per heavy atom. The van der Waals surface area contributed by atoms with E-state index in [9.17, 15) is 0 Å². The van der Waals surface area contributed by atoms with E-state index in [1.54, 1.807) is 0 Å². The quantitative estimate of drug-likeness (QED) is 0.807. The largest absolute Gasteiger partial charge is 0.309 e. The normalized spacial score (nSPS) is 18.1. The molecule has 1 atom stereocenters. The summed E-state index contributed by atoms with van der Waals surface area (Å²) in [5.74, 6) is 0.933. The Hall–Kier alpha value is -0.860. The molecule has 0 radical (unpaired) electrons. The number of hydrogen-bond donors (Lipinski definition) is 1. The molecule has 0 amide bonds. The maximum atomic E-state index is 3.61. The van der Waals surface area contributed by atoms with Gasteiger partial charge in [-0.05, 0) is 37.9 Å². The Morgan fingerprint density at radius 2 is 1.89 bits per heavy atom. The van der Waals surface area contributed by atoms with Crippen molar-refractivity contribution in [3.63, 3.8) is 0 Å². The third-order valence-corrected chi connectivity index (χ3v) is 4.19. The Morgan fingerprint density at radius 1 is 1.21 bits per heavy atom. The molecule has 1 saturated carbocycles. The molecule has 1 aliphatic carbocycles. The zero-order chi connectivity index (χ0) is 13.5. The van der Waals surface area contributed by atoms with Crippen molar-refractivity contribution in [2.75, 3.05) is 26.7 Å². The Balaban J connectivity index is 1.88. The second kappa shape index (κ2) is 7.66. The number of likely N-dealkylation sites (N-methyl/N-ethyl adjacent to an activating group) is 2. The van der Waals surface area contributed by atoms with Crippen LogP contribution in [0.5, 0.6) is 0 Å². The van der Waals surface area contributed by atoms with E-state index in [-0.39, 0.29) is 0 Å². The van der Waals surface area contributed by atoms with Crippen LogP contribution in [0.4, 0.5) is 0 Å². The number of hydrogen-bond acceptors (Lipinski definition) is 2. The van der Waals surface area contributed by atoms with Crippen molar-refractivity contribution in [2.45, 2.75) is 38.6 Å². The van der Waals surface area contributed by atoms with Crippen molar-refractivity contribution < 1.29 is 0 Å². The summed E-state index contributed by atoms with van der Waals surface area (Å²) < 4.78 is 0. The average Bonchev–Trinajstić information content (AvgIpc) is 2.92. The van der Waals surface area contributed by atoms with E-state index in [0.29, 0.717) is 6.04 Å².